The van der Waals surface area contributed by atoms with Crippen LogP contribution in [0.1, 0.15) is 18.9 Å². The molecule has 0 aromatic heterocycles. The van der Waals surface area contributed by atoms with Crippen molar-refractivity contribution in [1.29, 1.82) is 0 Å². The standard InChI is InChI=1S/C20H20Cl2N2O4S/c1-3-28-19-13(22)6-11(7-15(19)27-2)10-23-18(25)9-17-20(26)24-14-8-12(21)4-5-16(14)29-17/h4-8,17H,3,9-10H2,1-2H3,(H,23,25)(H,24,26). The Morgan fingerprint density at radius 1 is 1.28 bits per heavy atom. The van der Waals surface area contributed by atoms with E-state index < -0.39 is 5.25 Å². The van der Waals surface area contributed by atoms with E-state index in [0.717, 1.165) is 10.5 Å². The van der Waals surface area contributed by atoms with Gasteiger partial charge in [-0.05, 0) is 42.8 Å². The Bertz CT molecular complexity index is 939. The second-order valence-electron chi connectivity index (χ2n) is 6.26. The van der Waals surface area contributed by atoms with E-state index in [4.69, 9.17) is 32.7 Å². The van der Waals surface area contributed by atoms with E-state index in [0.29, 0.717) is 33.8 Å². The van der Waals surface area contributed by atoms with Crippen LogP contribution in [0.15, 0.2) is 35.2 Å². The molecule has 0 saturated heterocycles. The summed E-state index contributed by atoms with van der Waals surface area (Å²) in [4.78, 5) is 25.6. The van der Waals surface area contributed by atoms with Gasteiger partial charge in [0.1, 0.15) is 0 Å². The Morgan fingerprint density at radius 2 is 2.07 bits per heavy atom. The summed E-state index contributed by atoms with van der Waals surface area (Å²) in [6.07, 6.45) is 0.0560. The number of benzene rings is 2. The molecule has 0 radical (unpaired) electrons. The Morgan fingerprint density at radius 3 is 2.79 bits per heavy atom. The zero-order chi connectivity index (χ0) is 21.0. The minimum atomic E-state index is -0.512. The molecule has 0 bridgehead atoms. The second kappa shape index (κ2) is 9.61. The van der Waals surface area contributed by atoms with Crippen LogP contribution in [-0.2, 0) is 16.1 Å². The smallest absolute Gasteiger partial charge is 0.238 e. The molecule has 0 saturated carbocycles. The molecule has 0 fully saturated rings. The Hall–Kier alpha value is -2.09. The molecule has 2 aromatic carbocycles. The number of carbonyl (C=O) groups is 2. The molecule has 1 aliphatic heterocycles. The van der Waals surface area contributed by atoms with Crippen LogP contribution in [-0.4, -0.2) is 30.8 Å². The van der Waals surface area contributed by atoms with Gasteiger partial charge in [-0.1, -0.05) is 23.2 Å². The third-order valence-electron chi connectivity index (χ3n) is 4.20. The summed E-state index contributed by atoms with van der Waals surface area (Å²) in [5, 5.41) is 6.06. The molecule has 3 rings (SSSR count). The number of hydrogen-bond acceptors (Lipinski definition) is 5. The highest BCUT2D eigenvalue weighted by molar-refractivity contribution is 8.01. The highest BCUT2D eigenvalue weighted by Gasteiger charge is 2.29. The molecule has 2 amide bonds. The van der Waals surface area contributed by atoms with E-state index in [1.54, 1.807) is 24.3 Å². The molecule has 1 atom stereocenters. The van der Waals surface area contributed by atoms with Crippen LogP contribution in [0.25, 0.3) is 0 Å². The summed E-state index contributed by atoms with van der Waals surface area (Å²) in [7, 11) is 1.53. The lowest BCUT2D eigenvalue weighted by atomic mass is 10.2. The molecular formula is C20H20Cl2N2O4S. The topological polar surface area (TPSA) is 76.7 Å². The van der Waals surface area contributed by atoms with E-state index in [2.05, 4.69) is 10.6 Å². The van der Waals surface area contributed by atoms with E-state index in [1.807, 2.05) is 13.0 Å². The number of amides is 2. The number of methoxy groups -OCH3 is 1. The molecule has 1 heterocycles. The first-order valence-corrected chi connectivity index (χ1v) is 10.6. The summed E-state index contributed by atoms with van der Waals surface area (Å²) in [6.45, 7) is 2.57. The lowest BCUT2D eigenvalue weighted by molar-refractivity contribution is -0.124. The highest BCUT2D eigenvalue weighted by atomic mass is 35.5. The maximum atomic E-state index is 12.4. The van der Waals surface area contributed by atoms with Crippen molar-refractivity contribution in [3.8, 4) is 11.5 Å². The SMILES string of the molecule is CCOc1c(Cl)cc(CNC(=O)CC2Sc3ccc(Cl)cc3NC2=O)cc1OC. The normalized spacial score (nSPS) is 15.3. The summed E-state index contributed by atoms with van der Waals surface area (Å²) < 4.78 is 10.8. The molecule has 0 aliphatic carbocycles. The van der Waals surface area contributed by atoms with Crippen molar-refractivity contribution in [3.05, 3.63) is 45.9 Å². The zero-order valence-corrected chi connectivity index (χ0v) is 18.2. The molecule has 6 nitrogen and oxygen atoms in total. The summed E-state index contributed by atoms with van der Waals surface area (Å²) in [5.74, 6) is 0.520. The molecular weight excluding hydrogens is 435 g/mol. The fourth-order valence-electron chi connectivity index (χ4n) is 2.86. The first kappa shape index (κ1) is 21.6. The molecule has 29 heavy (non-hydrogen) atoms. The third-order valence-corrected chi connectivity index (χ3v) is 5.99. The zero-order valence-electron chi connectivity index (χ0n) is 15.9. The van der Waals surface area contributed by atoms with Crippen molar-refractivity contribution in [2.75, 3.05) is 19.0 Å². The summed E-state index contributed by atoms with van der Waals surface area (Å²) >= 11 is 13.6. The Balaban J connectivity index is 1.61. The van der Waals surface area contributed by atoms with Crippen LogP contribution in [0.5, 0.6) is 11.5 Å². The van der Waals surface area contributed by atoms with Crippen molar-refractivity contribution in [2.24, 2.45) is 0 Å². The molecule has 1 aliphatic rings. The van der Waals surface area contributed by atoms with Gasteiger partial charge in [-0.25, -0.2) is 0 Å². The van der Waals surface area contributed by atoms with Crippen LogP contribution >= 0.6 is 35.0 Å². The van der Waals surface area contributed by atoms with Crippen molar-refractivity contribution < 1.29 is 19.1 Å². The van der Waals surface area contributed by atoms with E-state index in [9.17, 15) is 9.59 Å². The van der Waals surface area contributed by atoms with Crippen molar-refractivity contribution in [1.82, 2.24) is 5.32 Å². The minimum Gasteiger partial charge on any atom is -0.493 e. The van der Waals surface area contributed by atoms with Crippen LogP contribution in [0, 0.1) is 0 Å². The van der Waals surface area contributed by atoms with E-state index in [-0.39, 0.29) is 24.8 Å². The van der Waals surface area contributed by atoms with Crippen LogP contribution in [0.2, 0.25) is 10.0 Å². The van der Waals surface area contributed by atoms with E-state index >= 15 is 0 Å². The van der Waals surface area contributed by atoms with Gasteiger partial charge in [0.2, 0.25) is 11.8 Å². The first-order chi connectivity index (χ1) is 13.9. The van der Waals surface area contributed by atoms with Crippen molar-refractivity contribution >= 4 is 52.5 Å². The molecule has 9 heteroatoms. The number of hydrogen-bond donors (Lipinski definition) is 2. The van der Waals surface area contributed by atoms with Gasteiger partial charge in [-0.3, -0.25) is 9.59 Å². The van der Waals surface area contributed by atoms with Gasteiger partial charge >= 0.3 is 0 Å². The molecule has 2 N–H and O–H groups in total. The van der Waals surface area contributed by atoms with Gasteiger partial charge in [0.05, 0.1) is 29.7 Å². The predicted molar refractivity (Wildman–Crippen MR) is 115 cm³/mol. The number of rotatable bonds is 7. The Labute approximate surface area is 183 Å². The minimum absolute atomic E-state index is 0.0560. The number of ether oxygens (including phenoxy) is 2. The number of nitrogens with one attached hydrogen (secondary N) is 2. The first-order valence-electron chi connectivity index (χ1n) is 8.94. The van der Waals surface area contributed by atoms with Gasteiger partial charge in [-0.2, -0.15) is 0 Å². The lowest BCUT2D eigenvalue weighted by Crippen LogP contribution is -2.34. The van der Waals surface area contributed by atoms with Crippen LogP contribution in [0.4, 0.5) is 5.69 Å². The number of halogens is 2. The van der Waals surface area contributed by atoms with Gasteiger partial charge in [-0.15, -0.1) is 11.8 Å². The van der Waals surface area contributed by atoms with Gasteiger partial charge in [0.25, 0.3) is 0 Å². The summed E-state index contributed by atoms with van der Waals surface area (Å²) in [5.41, 5.74) is 1.43. The fraction of sp³-hybridized carbons (Fsp3) is 0.300. The summed E-state index contributed by atoms with van der Waals surface area (Å²) in [6, 6.07) is 8.77. The number of anilines is 1. The fourth-order valence-corrected chi connectivity index (χ4v) is 4.41. The highest BCUT2D eigenvalue weighted by Crippen LogP contribution is 2.38. The molecule has 2 aromatic rings. The van der Waals surface area contributed by atoms with Gasteiger partial charge in [0.15, 0.2) is 11.5 Å². The third kappa shape index (κ3) is 5.29. The van der Waals surface area contributed by atoms with Crippen molar-refractivity contribution in [3.63, 3.8) is 0 Å². The number of thioether (sulfide) groups is 1. The van der Waals surface area contributed by atoms with Crippen molar-refractivity contribution in [2.45, 2.75) is 30.0 Å². The monoisotopic (exact) mass is 454 g/mol. The van der Waals surface area contributed by atoms with Gasteiger partial charge < -0.3 is 20.1 Å². The van der Waals surface area contributed by atoms with E-state index in [1.165, 1.54) is 18.9 Å². The number of fused-ring (bicyclic) bond motifs is 1. The second-order valence-corrected chi connectivity index (χ2v) is 8.35. The quantitative estimate of drug-likeness (QED) is 0.642. The maximum Gasteiger partial charge on any atom is 0.238 e. The average Bonchev–Trinajstić information content (AvgIpc) is 2.69. The van der Waals surface area contributed by atoms with Gasteiger partial charge in [0, 0.05) is 22.9 Å². The number of carbonyl (C=O) groups excluding carboxylic acids is 2. The lowest BCUT2D eigenvalue weighted by Gasteiger charge is -2.23. The largest absolute Gasteiger partial charge is 0.493 e. The molecule has 154 valence electrons. The van der Waals surface area contributed by atoms with Crippen LogP contribution in [0.3, 0.4) is 0 Å². The predicted octanol–water partition coefficient (Wildman–Crippen LogP) is 4.52. The maximum absolute atomic E-state index is 12.4. The van der Waals surface area contributed by atoms with Crippen LogP contribution < -0.4 is 20.1 Å². The molecule has 1 unspecified atom stereocenters. The average molecular weight is 455 g/mol. The Kier molecular flexibility index (Phi) is 7.16. The molecule has 0 spiro atoms.